The van der Waals surface area contributed by atoms with Gasteiger partial charge in [-0.25, -0.2) is 9.18 Å². The average molecular weight is 305 g/mol. The third kappa shape index (κ3) is 2.35. The first-order chi connectivity index (χ1) is 10.1. The van der Waals surface area contributed by atoms with Gasteiger partial charge in [0, 0.05) is 16.7 Å². The molecule has 2 aromatic carbocycles. The predicted molar refractivity (Wildman–Crippen MR) is 78.8 cm³/mol. The minimum atomic E-state index is -1.01. The first kappa shape index (κ1) is 13.9. The Hall–Kier alpha value is -2.08. The van der Waals surface area contributed by atoms with Gasteiger partial charge in [-0.1, -0.05) is 24.3 Å². The van der Waals surface area contributed by atoms with Crippen molar-refractivity contribution >= 4 is 34.4 Å². The lowest BCUT2D eigenvalue weighted by Crippen LogP contribution is -2.41. The lowest BCUT2D eigenvalue weighted by atomic mass is 10.0. The molecule has 1 fully saturated rings. The Morgan fingerprint density at radius 2 is 1.90 bits per heavy atom. The summed E-state index contributed by atoms with van der Waals surface area (Å²) in [5.74, 6) is -1.07. The summed E-state index contributed by atoms with van der Waals surface area (Å²) in [6.45, 7) is 0. The van der Waals surface area contributed by atoms with Crippen LogP contribution in [0.5, 0.6) is 0 Å². The highest BCUT2D eigenvalue weighted by Gasteiger charge is 2.35. The van der Waals surface area contributed by atoms with Crippen LogP contribution < -0.4 is 0 Å². The van der Waals surface area contributed by atoms with Crippen LogP contribution in [0.3, 0.4) is 0 Å². The summed E-state index contributed by atoms with van der Waals surface area (Å²) in [4.78, 5) is 25.1. The molecule has 0 aromatic heterocycles. The number of carboxylic acids is 1. The van der Waals surface area contributed by atoms with Gasteiger partial charge in [-0.3, -0.25) is 4.79 Å². The summed E-state index contributed by atoms with van der Waals surface area (Å²) in [5, 5.41) is 10.0. The van der Waals surface area contributed by atoms with E-state index in [4.69, 9.17) is 5.11 Å². The Morgan fingerprint density at radius 1 is 1.19 bits per heavy atom. The molecule has 1 heterocycles. The van der Waals surface area contributed by atoms with E-state index in [-0.39, 0.29) is 5.91 Å². The van der Waals surface area contributed by atoms with Gasteiger partial charge in [0.05, 0.1) is 5.88 Å². The molecule has 3 rings (SSSR count). The molecule has 1 atom stereocenters. The Morgan fingerprint density at radius 3 is 2.62 bits per heavy atom. The number of benzene rings is 2. The molecule has 108 valence electrons. The number of aliphatic carboxylic acids is 1. The SMILES string of the molecule is O=C(O)[C@@H]1CSCN1C(=O)c1ccc(F)c2ccccc12. The van der Waals surface area contributed by atoms with Crippen LogP contribution in [-0.4, -0.2) is 39.6 Å². The summed E-state index contributed by atoms with van der Waals surface area (Å²) in [6.07, 6.45) is 0. The largest absolute Gasteiger partial charge is 0.480 e. The van der Waals surface area contributed by atoms with Gasteiger partial charge < -0.3 is 10.0 Å². The van der Waals surface area contributed by atoms with Crippen LogP contribution >= 0.6 is 11.8 Å². The minimum Gasteiger partial charge on any atom is -0.480 e. The van der Waals surface area contributed by atoms with Gasteiger partial charge in [0.15, 0.2) is 0 Å². The Kier molecular flexibility index (Phi) is 3.55. The van der Waals surface area contributed by atoms with Crippen molar-refractivity contribution in [3.05, 3.63) is 47.8 Å². The van der Waals surface area contributed by atoms with E-state index in [0.29, 0.717) is 28.0 Å². The molecule has 0 radical (unpaired) electrons. The number of nitrogens with zero attached hydrogens (tertiary/aromatic N) is 1. The van der Waals surface area contributed by atoms with E-state index in [0.717, 1.165) is 0 Å². The first-order valence-electron chi connectivity index (χ1n) is 6.38. The normalized spacial score (nSPS) is 18.1. The summed E-state index contributed by atoms with van der Waals surface area (Å²) >= 11 is 1.40. The van der Waals surface area contributed by atoms with E-state index in [2.05, 4.69) is 0 Å². The van der Waals surface area contributed by atoms with Crippen molar-refractivity contribution in [2.75, 3.05) is 11.6 Å². The summed E-state index contributed by atoms with van der Waals surface area (Å²) in [6, 6.07) is 8.54. The molecule has 1 aliphatic rings. The maximum absolute atomic E-state index is 13.8. The standard InChI is InChI=1S/C15H12FNO3S/c16-12-6-5-11(9-3-1-2-4-10(9)12)14(18)17-8-21-7-13(17)15(19)20/h1-6,13H,7-8H2,(H,19,20)/t13-/m0/s1. The van der Waals surface area contributed by atoms with E-state index in [1.807, 2.05) is 0 Å². The number of carbonyl (C=O) groups is 2. The molecule has 0 saturated carbocycles. The van der Waals surface area contributed by atoms with Crippen molar-refractivity contribution in [1.82, 2.24) is 4.90 Å². The zero-order valence-corrected chi connectivity index (χ0v) is 11.8. The van der Waals surface area contributed by atoms with Gasteiger partial charge in [0.2, 0.25) is 0 Å². The molecule has 1 saturated heterocycles. The van der Waals surface area contributed by atoms with Crippen LogP contribution in [-0.2, 0) is 4.79 Å². The maximum atomic E-state index is 13.8. The molecular weight excluding hydrogens is 293 g/mol. The number of hydrogen-bond acceptors (Lipinski definition) is 3. The second kappa shape index (κ2) is 5.37. The number of fused-ring (bicyclic) bond motifs is 1. The van der Waals surface area contributed by atoms with Crippen LogP contribution in [0.4, 0.5) is 4.39 Å². The Balaban J connectivity index is 2.06. The van der Waals surface area contributed by atoms with Crippen LogP contribution in [0, 0.1) is 5.82 Å². The van der Waals surface area contributed by atoms with E-state index in [9.17, 15) is 14.0 Å². The van der Waals surface area contributed by atoms with Crippen molar-refractivity contribution in [3.63, 3.8) is 0 Å². The van der Waals surface area contributed by atoms with Crippen LogP contribution in [0.25, 0.3) is 10.8 Å². The van der Waals surface area contributed by atoms with Gasteiger partial charge in [-0.15, -0.1) is 11.8 Å². The van der Waals surface area contributed by atoms with Gasteiger partial charge in [0.1, 0.15) is 11.9 Å². The third-order valence-corrected chi connectivity index (χ3v) is 4.54. The van der Waals surface area contributed by atoms with Gasteiger partial charge in [-0.2, -0.15) is 0 Å². The fraction of sp³-hybridized carbons (Fsp3) is 0.200. The molecule has 21 heavy (non-hydrogen) atoms. The highest BCUT2D eigenvalue weighted by atomic mass is 32.2. The zero-order valence-electron chi connectivity index (χ0n) is 11.0. The lowest BCUT2D eigenvalue weighted by Gasteiger charge is -2.21. The number of halogens is 1. The molecule has 6 heteroatoms. The van der Waals surface area contributed by atoms with Gasteiger partial charge >= 0.3 is 5.97 Å². The van der Waals surface area contributed by atoms with Crippen LogP contribution in [0.2, 0.25) is 0 Å². The van der Waals surface area contributed by atoms with Gasteiger partial charge in [-0.05, 0) is 17.5 Å². The molecular formula is C15H12FNO3S. The number of rotatable bonds is 2. The molecule has 0 aliphatic carbocycles. The molecule has 0 spiro atoms. The monoisotopic (exact) mass is 305 g/mol. The van der Waals surface area contributed by atoms with Crippen molar-refractivity contribution in [3.8, 4) is 0 Å². The number of thioether (sulfide) groups is 1. The lowest BCUT2D eigenvalue weighted by molar-refractivity contribution is -0.140. The van der Waals surface area contributed by atoms with Crippen molar-refractivity contribution in [1.29, 1.82) is 0 Å². The van der Waals surface area contributed by atoms with E-state index in [1.165, 1.54) is 28.8 Å². The van der Waals surface area contributed by atoms with Crippen LogP contribution in [0.15, 0.2) is 36.4 Å². The quantitative estimate of drug-likeness (QED) is 0.926. The predicted octanol–water partition coefficient (Wildman–Crippen LogP) is 2.58. The topological polar surface area (TPSA) is 57.6 Å². The highest BCUT2D eigenvalue weighted by molar-refractivity contribution is 7.99. The molecule has 1 aliphatic heterocycles. The smallest absolute Gasteiger partial charge is 0.327 e. The molecule has 0 bridgehead atoms. The highest BCUT2D eigenvalue weighted by Crippen LogP contribution is 2.27. The molecule has 1 N–H and O–H groups in total. The van der Waals surface area contributed by atoms with Crippen molar-refractivity contribution in [2.24, 2.45) is 0 Å². The fourth-order valence-electron chi connectivity index (χ4n) is 2.45. The summed E-state index contributed by atoms with van der Waals surface area (Å²) < 4.78 is 13.8. The Bertz CT molecular complexity index is 734. The first-order valence-corrected chi connectivity index (χ1v) is 7.54. The van der Waals surface area contributed by atoms with E-state index >= 15 is 0 Å². The molecule has 4 nitrogen and oxygen atoms in total. The van der Waals surface area contributed by atoms with Crippen molar-refractivity contribution in [2.45, 2.75) is 6.04 Å². The second-order valence-corrected chi connectivity index (χ2v) is 5.77. The number of carboxylic acid groups (broad SMARTS) is 1. The minimum absolute atomic E-state index is 0.334. The Labute approximate surface area is 124 Å². The molecule has 1 amide bonds. The van der Waals surface area contributed by atoms with E-state index < -0.39 is 17.8 Å². The fourth-order valence-corrected chi connectivity index (χ4v) is 3.60. The molecule has 2 aromatic rings. The zero-order chi connectivity index (χ0) is 15.0. The van der Waals surface area contributed by atoms with Crippen LogP contribution in [0.1, 0.15) is 10.4 Å². The van der Waals surface area contributed by atoms with Crippen molar-refractivity contribution < 1.29 is 19.1 Å². The van der Waals surface area contributed by atoms with E-state index in [1.54, 1.807) is 24.3 Å². The summed E-state index contributed by atoms with van der Waals surface area (Å²) in [5.41, 5.74) is 0.334. The average Bonchev–Trinajstić information content (AvgIpc) is 2.97. The third-order valence-electron chi connectivity index (χ3n) is 3.53. The molecule has 0 unspecified atom stereocenters. The maximum Gasteiger partial charge on any atom is 0.327 e. The van der Waals surface area contributed by atoms with Gasteiger partial charge in [0.25, 0.3) is 5.91 Å². The number of amides is 1. The summed E-state index contributed by atoms with van der Waals surface area (Å²) in [7, 11) is 0. The second-order valence-electron chi connectivity index (χ2n) is 4.77. The number of hydrogen-bond donors (Lipinski definition) is 1. The number of carbonyl (C=O) groups excluding carboxylic acids is 1.